The predicted molar refractivity (Wildman–Crippen MR) is 154 cm³/mol. The van der Waals surface area contributed by atoms with E-state index in [9.17, 15) is 36.0 Å². The minimum Gasteiger partial charge on any atom is -0.496 e. The van der Waals surface area contributed by atoms with Crippen LogP contribution in [0.4, 0.5) is 23.2 Å². The Balaban J connectivity index is 1.40. The van der Waals surface area contributed by atoms with Crippen molar-refractivity contribution in [2.24, 2.45) is 17.8 Å². The molecule has 3 aromatic rings. The van der Waals surface area contributed by atoms with E-state index < -0.39 is 55.8 Å². The molecule has 236 valence electrons. The van der Waals surface area contributed by atoms with Gasteiger partial charge in [-0.2, -0.15) is 13.2 Å². The molecule has 0 spiro atoms. The molecule has 4 unspecified atom stereocenters. The molecule has 3 aromatic carbocycles. The number of allylic oxidation sites excluding steroid dienone is 1. The lowest BCUT2D eigenvalue weighted by Gasteiger charge is -2.28. The number of nitrogens with one attached hydrogen (secondary N) is 2. The van der Waals surface area contributed by atoms with E-state index in [2.05, 4.69) is 10.6 Å². The maximum atomic E-state index is 15.1. The number of halogens is 4. The minimum atomic E-state index is -5.64. The van der Waals surface area contributed by atoms with Crippen LogP contribution in [0, 0.1) is 23.6 Å². The molecular formula is C31H26F4N2O7S. The van der Waals surface area contributed by atoms with Crippen LogP contribution in [0.1, 0.15) is 22.3 Å². The number of sulfone groups is 1. The highest BCUT2D eigenvalue weighted by atomic mass is 32.2. The molecule has 0 radical (unpaired) electrons. The largest absolute Gasteiger partial charge is 0.501 e. The molecule has 5 rings (SSSR count). The average molecular weight is 647 g/mol. The maximum Gasteiger partial charge on any atom is 0.501 e. The van der Waals surface area contributed by atoms with Gasteiger partial charge in [-0.3, -0.25) is 14.4 Å². The number of carbonyl (C=O) groups excluding carboxylic acids is 2. The molecule has 14 heteroatoms. The summed E-state index contributed by atoms with van der Waals surface area (Å²) in [5.41, 5.74) is -4.97. The van der Waals surface area contributed by atoms with Crippen LogP contribution in [0.2, 0.25) is 0 Å². The van der Waals surface area contributed by atoms with Crippen molar-refractivity contribution in [1.29, 1.82) is 0 Å². The van der Waals surface area contributed by atoms with E-state index in [0.717, 1.165) is 18.2 Å². The fraction of sp³-hybridized carbons (Fsp3) is 0.258. The van der Waals surface area contributed by atoms with Gasteiger partial charge in [-0.05, 0) is 53.6 Å². The van der Waals surface area contributed by atoms with Crippen LogP contribution in [-0.2, 0) is 25.8 Å². The fourth-order valence-electron chi connectivity index (χ4n) is 5.85. The number of ether oxygens (including phenoxy) is 1. The Labute approximate surface area is 254 Å². The van der Waals surface area contributed by atoms with Gasteiger partial charge >= 0.3 is 11.5 Å². The number of hydrogen-bond acceptors (Lipinski definition) is 6. The lowest BCUT2D eigenvalue weighted by Crippen LogP contribution is -2.47. The van der Waals surface area contributed by atoms with Crippen molar-refractivity contribution in [1.82, 2.24) is 5.32 Å². The molecular weight excluding hydrogens is 620 g/mol. The van der Waals surface area contributed by atoms with Gasteiger partial charge in [0.25, 0.3) is 15.7 Å². The van der Waals surface area contributed by atoms with Crippen LogP contribution >= 0.6 is 0 Å². The third-order valence-electron chi connectivity index (χ3n) is 7.90. The van der Waals surface area contributed by atoms with Crippen LogP contribution in [0.15, 0.2) is 77.7 Å². The fourth-order valence-corrected chi connectivity index (χ4v) is 6.66. The molecule has 2 aliphatic rings. The molecule has 0 aliphatic heterocycles. The van der Waals surface area contributed by atoms with Gasteiger partial charge < -0.3 is 20.5 Å². The zero-order valence-electron chi connectivity index (χ0n) is 23.5. The lowest BCUT2D eigenvalue weighted by atomic mass is 9.87. The van der Waals surface area contributed by atoms with Gasteiger partial charge in [0.05, 0.1) is 29.9 Å². The van der Waals surface area contributed by atoms with Crippen molar-refractivity contribution >= 4 is 33.3 Å². The third-order valence-corrected chi connectivity index (χ3v) is 9.39. The van der Waals surface area contributed by atoms with E-state index in [1.807, 2.05) is 12.2 Å². The molecule has 45 heavy (non-hydrogen) atoms. The van der Waals surface area contributed by atoms with Crippen molar-refractivity contribution in [3.8, 4) is 16.9 Å². The van der Waals surface area contributed by atoms with Crippen molar-refractivity contribution in [2.45, 2.75) is 29.3 Å². The summed E-state index contributed by atoms with van der Waals surface area (Å²) in [4.78, 5) is 37.2. The summed E-state index contributed by atoms with van der Waals surface area (Å²) in [5, 5.41) is 14.4. The molecule has 2 amide bonds. The quantitative estimate of drug-likeness (QED) is 0.220. The van der Waals surface area contributed by atoms with E-state index in [1.165, 1.54) is 25.3 Å². The van der Waals surface area contributed by atoms with Gasteiger partial charge in [-0.15, -0.1) is 0 Å². The number of methoxy groups -OCH3 is 1. The van der Waals surface area contributed by atoms with Crippen LogP contribution < -0.4 is 15.4 Å². The van der Waals surface area contributed by atoms with Gasteiger partial charge in [0.15, 0.2) is 0 Å². The summed E-state index contributed by atoms with van der Waals surface area (Å²) in [6.07, 6.45) is 3.87. The van der Waals surface area contributed by atoms with Crippen LogP contribution in [0.3, 0.4) is 0 Å². The second kappa shape index (κ2) is 12.0. The molecule has 0 saturated heterocycles. The summed E-state index contributed by atoms with van der Waals surface area (Å²) in [7, 11) is -4.39. The number of anilines is 1. The van der Waals surface area contributed by atoms with Gasteiger partial charge in [0.2, 0.25) is 5.91 Å². The predicted octanol–water partition coefficient (Wildman–Crippen LogP) is 4.98. The van der Waals surface area contributed by atoms with Gasteiger partial charge in [0.1, 0.15) is 11.6 Å². The van der Waals surface area contributed by atoms with Crippen LogP contribution in [0.5, 0.6) is 5.75 Å². The molecule has 2 aliphatic carbocycles. The Morgan fingerprint density at radius 2 is 1.71 bits per heavy atom. The second-order valence-electron chi connectivity index (χ2n) is 10.7. The highest BCUT2D eigenvalue weighted by Crippen LogP contribution is 2.45. The minimum absolute atomic E-state index is 0.0176. The number of fused-ring (bicyclic) bond motifs is 2. The van der Waals surface area contributed by atoms with Crippen molar-refractivity contribution in [3.05, 3.63) is 89.8 Å². The SMILES string of the molecule is COc1cc(F)c(-c2cccc(CC(=O)O)c2)cc1C(=O)NC1C2C=CC(C2)C1C(=O)Nc1cccc(S(=O)(=O)C(F)(F)F)c1. The first-order valence-electron chi connectivity index (χ1n) is 13.6. The number of carboxylic acid groups (broad SMARTS) is 1. The maximum absolute atomic E-state index is 15.1. The Bertz CT molecular complexity index is 1820. The molecule has 2 bridgehead atoms. The normalized spacial score (nSPS) is 20.6. The third kappa shape index (κ3) is 6.27. The number of carboxylic acids is 1. The number of carbonyl (C=O) groups is 3. The van der Waals surface area contributed by atoms with E-state index in [1.54, 1.807) is 18.2 Å². The number of rotatable bonds is 9. The monoisotopic (exact) mass is 646 g/mol. The molecule has 1 saturated carbocycles. The standard InChI is InChI=1S/C31H26F4N2O7S/c1-44-25-15-24(32)22(17-5-2-4-16(10-17)11-26(38)39)14-23(25)29(40)37-28-19-9-8-18(12-19)27(28)30(41)36-20-6-3-7-21(13-20)45(42,43)31(33,34)35/h2-10,13-15,18-19,27-28H,11-12H2,1H3,(H,36,41)(H,37,40)(H,38,39). The highest BCUT2D eigenvalue weighted by molar-refractivity contribution is 7.92. The average Bonchev–Trinajstić information content (AvgIpc) is 3.58. The summed E-state index contributed by atoms with van der Waals surface area (Å²) in [5.74, 6) is -4.62. The Kier molecular flexibility index (Phi) is 8.45. The van der Waals surface area contributed by atoms with Crippen molar-refractivity contribution < 1.29 is 50.2 Å². The zero-order valence-corrected chi connectivity index (χ0v) is 24.3. The van der Waals surface area contributed by atoms with E-state index >= 15 is 4.39 Å². The van der Waals surface area contributed by atoms with Crippen molar-refractivity contribution in [3.63, 3.8) is 0 Å². The first-order chi connectivity index (χ1) is 21.2. The molecule has 4 atom stereocenters. The second-order valence-corrected chi connectivity index (χ2v) is 12.7. The smallest absolute Gasteiger partial charge is 0.496 e. The first-order valence-corrected chi connectivity index (χ1v) is 15.1. The van der Waals surface area contributed by atoms with E-state index in [0.29, 0.717) is 23.6 Å². The topological polar surface area (TPSA) is 139 Å². The van der Waals surface area contributed by atoms with Gasteiger partial charge in [-0.1, -0.05) is 42.5 Å². The number of aliphatic carboxylic acids is 1. The molecule has 0 aromatic heterocycles. The number of benzene rings is 3. The van der Waals surface area contributed by atoms with Crippen LogP contribution in [-0.4, -0.2) is 50.0 Å². The lowest BCUT2D eigenvalue weighted by molar-refractivity contribution is -0.136. The molecule has 0 heterocycles. The Morgan fingerprint density at radius 1 is 1.00 bits per heavy atom. The van der Waals surface area contributed by atoms with Gasteiger partial charge in [0, 0.05) is 23.4 Å². The Hall–Kier alpha value is -4.72. The number of amides is 2. The molecule has 1 fully saturated rings. The number of alkyl halides is 3. The summed E-state index contributed by atoms with van der Waals surface area (Å²) in [6, 6.07) is 11.6. The van der Waals surface area contributed by atoms with E-state index in [-0.39, 0.29) is 40.8 Å². The zero-order chi connectivity index (χ0) is 32.7. The molecule has 3 N–H and O–H groups in total. The van der Waals surface area contributed by atoms with E-state index in [4.69, 9.17) is 9.84 Å². The van der Waals surface area contributed by atoms with Gasteiger partial charge in [-0.25, -0.2) is 12.8 Å². The highest BCUT2D eigenvalue weighted by Gasteiger charge is 2.49. The summed E-state index contributed by atoms with van der Waals surface area (Å²) < 4.78 is 83.3. The number of hydrogen-bond donors (Lipinski definition) is 3. The summed E-state index contributed by atoms with van der Waals surface area (Å²) in [6.45, 7) is 0. The summed E-state index contributed by atoms with van der Waals surface area (Å²) >= 11 is 0. The van der Waals surface area contributed by atoms with Crippen molar-refractivity contribution in [2.75, 3.05) is 12.4 Å². The Morgan fingerprint density at radius 3 is 2.40 bits per heavy atom. The molecule has 9 nitrogen and oxygen atoms in total. The first kappa shape index (κ1) is 31.7. The van der Waals surface area contributed by atoms with Crippen LogP contribution in [0.25, 0.3) is 11.1 Å².